The molecule has 3 unspecified atom stereocenters. The molecule has 1 fully saturated rings. The second-order valence-corrected chi connectivity index (χ2v) is 4.48. The molecule has 0 aromatic carbocycles. The molecular weight excluding hydrogens is 176 g/mol. The summed E-state index contributed by atoms with van der Waals surface area (Å²) in [6.45, 7) is 3.55. The fraction of sp³-hybridized carbons (Fsp3) is 1.00. The summed E-state index contributed by atoms with van der Waals surface area (Å²) in [5.41, 5.74) is 5.74. The van der Waals surface area contributed by atoms with E-state index in [4.69, 9.17) is 10.8 Å². The van der Waals surface area contributed by atoms with Crippen molar-refractivity contribution < 1.29 is 5.11 Å². The third kappa shape index (κ3) is 3.95. The van der Waals surface area contributed by atoms with Gasteiger partial charge in [-0.15, -0.1) is 0 Å². The lowest BCUT2D eigenvalue weighted by molar-refractivity contribution is 0.176. The van der Waals surface area contributed by atoms with E-state index in [9.17, 15) is 0 Å². The van der Waals surface area contributed by atoms with Crippen LogP contribution in [0, 0.1) is 5.92 Å². The summed E-state index contributed by atoms with van der Waals surface area (Å²) in [7, 11) is 0. The van der Waals surface area contributed by atoms with E-state index in [1.807, 2.05) is 6.92 Å². The Kier molecular flexibility index (Phi) is 5.45. The van der Waals surface area contributed by atoms with Crippen molar-refractivity contribution in [2.24, 2.45) is 11.7 Å². The van der Waals surface area contributed by atoms with E-state index < -0.39 is 0 Å². The van der Waals surface area contributed by atoms with Crippen molar-refractivity contribution in [1.29, 1.82) is 0 Å². The van der Waals surface area contributed by atoms with Gasteiger partial charge in [0.2, 0.25) is 0 Å². The van der Waals surface area contributed by atoms with Gasteiger partial charge in [-0.25, -0.2) is 0 Å². The van der Waals surface area contributed by atoms with Gasteiger partial charge in [0.15, 0.2) is 0 Å². The van der Waals surface area contributed by atoms with Crippen molar-refractivity contribution in [3.8, 4) is 0 Å². The largest absolute Gasteiger partial charge is 0.393 e. The number of nitrogens with two attached hydrogens (primary N) is 1. The second-order valence-electron chi connectivity index (χ2n) is 4.48. The highest BCUT2D eigenvalue weighted by molar-refractivity contribution is 4.81. The lowest BCUT2D eigenvalue weighted by Crippen LogP contribution is -2.42. The summed E-state index contributed by atoms with van der Waals surface area (Å²) in [5, 5.41) is 12.7. The summed E-state index contributed by atoms with van der Waals surface area (Å²) in [6, 6.07) is 0.590. The van der Waals surface area contributed by atoms with Crippen LogP contribution in [-0.2, 0) is 0 Å². The lowest BCUT2D eigenvalue weighted by atomic mass is 9.84. The van der Waals surface area contributed by atoms with Gasteiger partial charge in [0, 0.05) is 6.04 Å². The van der Waals surface area contributed by atoms with Crippen LogP contribution in [0.25, 0.3) is 0 Å². The Hall–Kier alpha value is -0.120. The average Bonchev–Trinajstić information content (AvgIpc) is 2.18. The molecule has 84 valence electrons. The molecule has 1 rings (SSSR count). The SMILES string of the molecule is CC(O)CCNC1CCCCC1CN. The molecule has 1 aliphatic rings. The van der Waals surface area contributed by atoms with E-state index in [2.05, 4.69) is 5.32 Å². The van der Waals surface area contributed by atoms with Crippen LogP contribution in [0.5, 0.6) is 0 Å². The minimum absolute atomic E-state index is 0.192. The van der Waals surface area contributed by atoms with Crippen LogP contribution in [0.15, 0.2) is 0 Å². The normalized spacial score (nSPS) is 30.2. The van der Waals surface area contributed by atoms with Crippen LogP contribution >= 0.6 is 0 Å². The number of rotatable bonds is 5. The summed E-state index contributed by atoms with van der Waals surface area (Å²) >= 11 is 0. The fourth-order valence-corrected chi connectivity index (χ4v) is 2.24. The van der Waals surface area contributed by atoms with E-state index in [1.54, 1.807) is 0 Å². The topological polar surface area (TPSA) is 58.3 Å². The van der Waals surface area contributed by atoms with Gasteiger partial charge in [0.1, 0.15) is 0 Å². The maximum Gasteiger partial charge on any atom is 0.0524 e. The van der Waals surface area contributed by atoms with Crippen LogP contribution in [0.2, 0.25) is 0 Å². The van der Waals surface area contributed by atoms with Crippen LogP contribution in [0.4, 0.5) is 0 Å². The van der Waals surface area contributed by atoms with Crippen molar-refractivity contribution >= 4 is 0 Å². The van der Waals surface area contributed by atoms with E-state index in [-0.39, 0.29) is 6.10 Å². The molecule has 3 heteroatoms. The van der Waals surface area contributed by atoms with Gasteiger partial charge in [-0.05, 0) is 45.2 Å². The Bertz CT molecular complexity index is 150. The Morgan fingerprint density at radius 3 is 2.79 bits per heavy atom. The van der Waals surface area contributed by atoms with Gasteiger partial charge in [0.05, 0.1) is 6.10 Å². The van der Waals surface area contributed by atoms with Crippen molar-refractivity contribution in [1.82, 2.24) is 5.32 Å². The zero-order valence-corrected chi connectivity index (χ0v) is 9.21. The molecule has 0 spiro atoms. The fourth-order valence-electron chi connectivity index (χ4n) is 2.24. The van der Waals surface area contributed by atoms with Crippen molar-refractivity contribution in [3.05, 3.63) is 0 Å². The quantitative estimate of drug-likeness (QED) is 0.617. The highest BCUT2D eigenvalue weighted by Gasteiger charge is 2.22. The Morgan fingerprint density at radius 2 is 2.14 bits per heavy atom. The number of aliphatic hydroxyl groups is 1. The lowest BCUT2D eigenvalue weighted by Gasteiger charge is -2.31. The monoisotopic (exact) mass is 200 g/mol. The third-order valence-electron chi connectivity index (χ3n) is 3.18. The zero-order chi connectivity index (χ0) is 10.4. The highest BCUT2D eigenvalue weighted by Crippen LogP contribution is 2.23. The molecule has 4 N–H and O–H groups in total. The first-order valence-corrected chi connectivity index (χ1v) is 5.85. The molecule has 0 amide bonds. The smallest absolute Gasteiger partial charge is 0.0524 e. The van der Waals surface area contributed by atoms with Crippen molar-refractivity contribution in [2.75, 3.05) is 13.1 Å². The van der Waals surface area contributed by atoms with Crippen LogP contribution in [0.3, 0.4) is 0 Å². The number of nitrogens with one attached hydrogen (secondary N) is 1. The Labute approximate surface area is 87.1 Å². The van der Waals surface area contributed by atoms with Gasteiger partial charge in [-0.2, -0.15) is 0 Å². The van der Waals surface area contributed by atoms with E-state index in [0.717, 1.165) is 19.5 Å². The molecule has 3 nitrogen and oxygen atoms in total. The summed E-state index contributed by atoms with van der Waals surface area (Å²) in [5.74, 6) is 0.651. The minimum atomic E-state index is -0.192. The molecule has 0 radical (unpaired) electrons. The van der Waals surface area contributed by atoms with Crippen LogP contribution in [0.1, 0.15) is 39.0 Å². The predicted molar refractivity (Wildman–Crippen MR) is 59.1 cm³/mol. The second kappa shape index (κ2) is 6.38. The molecule has 0 heterocycles. The van der Waals surface area contributed by atoms with E-state index in [0.29, 0.717) is 12.0 Å². The summed E-state index contributed by atoms with van der Waals surface area (Å²) in [4.78, 5) is 0. The average molecular weight is 200 g/mol. The molecule has 0 aromatic rings. The van der Waals surface area contributed by atoms with Crippen molar-refractivity contribution in [3.63, 3.8) is 0 Å². The van der Waals surface area contributed by atoms with Gasteiger partial charge in [0.25, 0.3) is 0 Å². The minimum Gasteiger partial charge on any atom is -0.393 e. The molecule has 0 aliphatic heterocycles. The zero-order valence-electron chi connectivity index (χ0n) is 9.21. The Morgan fingerprint density at radius 1 is 1.43 bits per heavy atom. The highest BCUT2D eigenvalue weighted by atomic mass is 16.3. The number of hydrogen-bond donors (Lipinski definition) is 3. The first-order chi connectivity index (χ1) is 6.74. The molecule has 0 aromatic heterocycles. The molecule has 0 bridgehead atoms. The predicted octanol–water partition coefficient (Wildman–Crippen LogP) is 0.864. The van der Waals surface area contributed by atoms with Crippen molar-refractivity contribution in [2.45, 2.75) is 51.2 Å². The first-order valence-electron chi connectivity index (χ1n) is 5.85. The van der Waals surface area contributed by atoms with Crippen LogP contribution < -0.4 is 11.1 Å². The van der Waals surface area contributed by atoms with Gasteiger partial charge >= 0.3 is 0 Å². The summed E-state index contributed by atoms with van der Waals surface area (Å²) in [6.07, 6.45) is 5.82. The molecular formula is C11H24N2O. The third-order valence-corrected chi connectivity index (χ3v) is 3.18. The maximum atomic E-state index is 9.14. The summed E-state index contributed by atoms with van der Waals surface area (Å²) < 4.78 is 0. The first kappa shape index (κ1) is 12.0. The molecule has 1 aliphatic carbocycles. The van der Waals surface area contributed by atoms with E-state index in [1.165, 1.54) is 25.7 Å². The van der Waals surface area contributed by atoms with Gasteiger partial charge in [-0.1, -0.05) is 12.8 Å². The van der Waals surface area contributed by atoms with Crippen LogP contribution in [-0.4, -0.2) is 30.3 Å². The number of aliphatic hydroxyl groups excluding tert-OH is 1. The Balaban J connectivity index is 2.19. The molecule has 14 heavy (non-hydrogen) atoms. The maximum absolute atomic E-state index is 9.14. The van der Waals surface area contributed by atoms with Gasteiger partial charge in [-0.3, -0.25) is 0 Å². The molecule has 0 saturated heterocycles. The van der Waals surface area contributed by atoms with Gasteiger partial charge < -0.3 is 16.2 Å². The number of hydrogen-bond acceptors (Lipinski definition) is 3. The van der Waals surface area contributed by atoms with E-state index >= 15 is 0 Å². The molecule has 1 saturated carbocycles. The molecule has 3 atom stereocenters. The standard InChI is InChI=1S/C11H24N2O/c1-9(14)6-7-13-11-5-3-2-4-10(11)8-12/h9-11,13-14H,2-8,12H2,1H3.